The van der Waals surface area contributed by atoms with Crippen LogP contribution in [0, 0.1) is 0 Å². The molecule has 7 heteroatoms. The van der Waals surface area contributed by atoms with Gasteiger partial charge in [-0.05, 0) is 91.7 Å². The number of benzene rings is 4. The van der Waals surface area contributed by atoms with Crippen molar-refractivity contribution < 1.29 is 14.7 Å². The first kappa shape index (κ1) is 25.4. The number of aromatic amines is 1. The van der Waals surface area contributed by atoms with Gasteiger partial charge in [0.1, 0.15) is 0 Å². The number of nitrogens with one attached hydrogen (secondary N) is 3. The molecular weight excluding hydrogens is 500 g/mol. The number of rotatable bonds is 7. The minimum Gasteiger partial charge on any atom is -0.393 e. The number of carbonyl (C=O) groups is 2. The first-order valence-corrected chi connectivity index (χ1v) is 13.5. The van der Waals surface area contributed by atoms with Gasteiger partial charge in [0.2, 0.25) is 0 Å². The summed E-state index contributed by atoms with van der Waals surface area (Å²) in [7, 11) is 0. The smallest absolute Gasteiger partial charge is 0.257 e. The molecule has 0 saturated carbocycles. The van der Waals surface area contributed by atoms with Gasteiger partial charge in [-0.25, -0.2) is 0 Å². The van der Waals surface area contributed by atoms with Gasteiger partial charge in [0.15, 0.2) is 5.78 Å². The number of nitrogens with zero attached hydrogens (tertiary/aromatic N) is 1. The molecule has 5 aromatic rings. The van der Waals surface area contributed by atoms with Crippen LogP contribution in [-0.4, -0.2) is 41.0 Å². The van der Waals surface area contributed by atoms with Crippen LogP contribution < -0.4 is 15.5 Å². The number of hydrogen-bond donors (Lipinski definition) is 4. The number of fused-ring (bicyclic) bond motifs is 1. The van der Waals surface area contributed by atoms with Gasteiger partial charge in [-0.1, -0.05) is 18.2 Å². The van der Waals surface area contributed by atoms with Crippen molar-refractivity contribution in [2.24, 2.45) is 0 Å². The Morgan fingerprint density at radius 2 is 1.32 bits per heavy atom. The zero-order chi connectivity index (χ0) is 27.5. The molecule has 0 aliphatic carbocycles. The van der Waals surface area contributed by atoms with Crippen LogP contribution in [0.3, 0.4) is 0 Å². The average Bonchev–Trinajstić information content (AvgIpc) is 3.43. The highest BCUT2D eigenvalue weighted by atomic mass is 16.3. The second kappa shape index (κ2) is 11.1. The summed E-state index contributed by atoms with van der Waals surface area (Å²) in [5.74, 6) is -0.294. The number of piperidine rings is 1. The normalized spacial score (nSPS) is 13.8. The van der Waals surface area contributed by atoms with Gasteiger partial charge in [-0.3, -0.25) is 9.59 Å². The van der Waals surface area contributed by atoms with Gasteiger partial charge >= 0.3 is 0 Å². The predicted molar refractivity (Wildman–Crippen MR) is 160 cm³/mol. The molecule has 1 aliphatic heterocycles. The molecule has 0 spiro atoms. The number of aliphatic hydroxyl groups excluding tert-OH is 1. The molecule has 0 atom stereocenters. The molecule has 2 heterocycles. The Bertz CT molecular complexity index is 1630. The van der Waals surface area contributed by atoms with Crippen LogP contribution in [0.15, 0.2) is 103 Å². The third-order valence-corrected chi connectivity index (χ3v) is 7.37. The predicted octanol–water partition coefficient (Wildman–Crippen LogP) is 6.36. The fourth-order valence-electron chi connectivity index (χ4n) is 5.08. The van der Waals surface area contributed by atoms with E-state index in [0.717, 1.165) is 53.9 Å². The van der Waals surface area contributed by atoms with Crippen molar-refractivity contribution in [3.8, 4) is 0 Å². The number of aromatic nitrogens is 1. The molecule has 0 bridgehead atoms. The van der Waals surface area contributed by atoms with Gasteiger partial charge in [0.25, 0.3) is 5.91 Å². The molecule has 4 aromatic carbocycles. The Morgan fingerprint density at radius 3 is 1.98 bits per heavy atom. The number of para-hydroxylation sites is 1. The van der Waals surface area contributed by atoms with Crippen LogP contribution in [-0.2, 0) is 0 Å². The SMILES string of the molecule is O=C(c1ccc(NC(=O)c2c[nH]c3ccccc23)cc1)c1ccc(Nc2ccc(N3CCC(O)CC3)cc2)cc1. The Labute approximate surface area is 232 Å². The number of ketones is 1. The first-order valence-electron chi connectivity index (χ1n) is 13.5. The number of hydrogen-bond acceptors (Lipinski definition) is 5. The molecule has 1 aliphatic rings. The van der Waals surface area contributed by atoms with Crippen molar-refractivity contribution in [3.63, 3.8) is 0 Å². The van der Waals surface area contributed by atoms with E-state index in [1.807, 2.05) is 60.7 Å². The summed E-state index contributed by atoms with van der Waals surface area (Å²) in [6.07, 6.45) is 3.12. The average molecular weight is 531 g/mol. The maximum Gasteiger partial charge on any atom is 0.257 e. The van der Waals surface area contributed by atoms with E-state index in [0.29, 0.717) is 22.4 Å². The van der Waals surface area contributed by atoms with Gasteiger partial charge in [0, 0.05) is 64.1 Å². The monoisotopic (exact) mass is 530 g/mol. The number of anilines is 4. The number of carbonyl (C=O) groups excluding carboxylic acids is 2. The Hall–Kier alpha value is -4.88. The minimum absolute atomic E-state index is 0.0861. The van der Waals surface area contributed by atoms with E-state index >= 15 is 0 Å². The van der Waals surface area contributed by atoms with E-state index in [1.165, 1.54) is 0 Å². The van der Waals surface area contributed by atoms with E-state index in [9.17, 15) is 14.7 Å². The fraction of sp³-hybridized carbons (Fsp3) is 0.152. The fourth-order valence-corrected chi connectivity index (χ4v) is 5.08. The molecule has 6 rings (SSSR count). The van der Waals surface area contributed by atoms with E-state index < -0.39 is 0 Å². The molecule has 40 heavy (non-hydrogen) atoms. The Morgan fingerprint density at radius 1 is 0.750 bits per heavy atom. The molecule has 1 amide bonds. The van der Waals surface area contributed by atoms with Crippen LogP contribution in [0.1, 0.15) is 39.1 Å². The van der Waals surface area contributed by atoms with E-state index in [2.05, 4.69) is 32.7 Å². The maximum absolute atomic E-state index is 13.1. The summed E-state index contributed by atoms with van der Waals surface area (Å²) < 4.78 is 0. The summed E-state index contributed by atoms with van der Waals surface area (Å²) in [4.78, 5) is 31.2. The van der Waals surface area contributed by atoms with Crippen LogP contribution in [0.5, 0.6) is 0 Å². The number of amides is 1. The zero-order valence-corrected chi connectivity index (χ0v) is 21.9. The molecule has 0 radical (unpaired) electrons. The van der Waals surface area contributed by atoms with Crippen LogP contribution in [0.2, 0.25) is 0 Å². The van der Waals surface area contributed by atoms with Gasteiger partial charge in [-0.15, -0.1) is 0 Å². The molecular formula is C33H30N4O3. The van der Waals surface area contributed by atoms with Crippen molar-refractivity contribution in [2.45, 2.75) is 18.9 Å². The zero-order valence-electron chi connectivity index (χ0n) is 21.9. The molecule has 4 N–H and O–H groups in total. The highest BCUT2D eigenvalue weighted by molar-refractivity contribution is 6.13. The molecule has 1 aromatic heterocycles. The van der Waals surface area contributed by atoms with Gasteiger partial charge in [-0.2, -0.15) is 0 Å². The highest BCUT2D eigenvalue weighted by Gasteiger charge is 2.17. The van der Waals surface area contributed by atoms with Crippen molar-refractivity contribution >= 4 is 45.3 Å². The lowest BCUT2D eigenvalue weighted by Gasteiger charge is -2.31. The van der Waals surface area contributed by atoms with Crippen LogP contribution in [0.25, 0.3) is 10.9 Å². The lowest BCUT2D eigenvalue weighted by molar-refractivity contribution is 0.102. The Balaban J connectivity index is 1.06. The second-order valence-electron chi connectivity index (χ2n) is 10.1. The van der Waals surface area contributed by atoms with Crippen LogP contribution >= 0.6 is 0 Å². The molecule has 7 nitrogen and oxygen atoms in total. The van der Waals surface area contributed by atoms with Gasteiger partial charge in [0.05, 0.1) is 11.7 Å². The summed E-state index contributed by atoms with van der Waals surface area (Å²) in [5.41, 5.74) is 6.24. The van der Waals surface area contributed by atoms with E-state index in [-0.39, 0.29) is 17.8 Å². The third-order valence-electron chi connectivity index (χ3n) is 7.37. The molecule has 1 fully saturated rings. The summed E-state index contributed by atoms with van der Waals surface area (Å²) in [6, 6.07) is 30.2. The lowest BCUT2D eigenvalue weighted by atomic mass is 10.0. The standard InChI is InChI=1S/C33H30N4O3/c38-28-17-19-37(20-18-28)27-15-13-25(14-16-27)35-24-9-5-22(6-10-24)32(39)23-7-11-26(12-8-23)36-33(40)30-21-34-31-4-2-1-3-29(30)31/h1-16,21,28,34-35,38H,17-20H2,(H,36,40). The van der Waals surface area contributed by atoms with Crippen molar-refractivity contribution in [1.82, 2.24) is 4.98 Å². The number of H-pyrrole nitrogens is 1. The van der Waals surface area contributed by atoms with E-state index in [4.69, 9.17) is 0 Å². The highest BCUT2D eigenvalue weighted by Crippen LogP contribution is 2.25. The lowest BCUT2D eigenvalue weighted by Crippen LogP contribution is -2.35. The second-order valence-corrected chi connectivity index (χ2v) is 10.1. The number of aliphatic hydroxyl groups is 1. The van der Waals surface area contributed by atoms with Crippen LogP contribution in [0.4, 0.5) is 22.7 Å². The first-order chi connectivity index (χ1) is 19.5. The molecule has 1 saturated heterocycles. The minimum atomic E-state index is -0.208. The summed E-state index contributed by atoms with van der Waals surface area (Å²) >= 11 is 0. The maximum atomic E-state index is 13.1. The van der Waals surface area contributed by atoms with Crippen molar-refractivity contribution in [2.75, 3.05) is 28.6 Å². The molecule has 0 unspecified atom stereocenters. The summed E-state index contributed by atoms with van der Waals surface area (Å²) in [5, 5.41) is 16.9. The van der Waals surface area contributed by atoms with E-state index in [1.54, 1.807) is 30.5 Å². The summed E-state index contributed by atoms with van der Waals surface area (Å²) in [6.45, 7) is 1.73. The largest absolute Gasteiger partial charge is 0.393 e. The third kappa shape index (κ3) is 5.46. The Kier molecular flexibility index (Phi) is 7.04. The topological polar surface area (TPSA) is 97.5 Å². The van der Waals surface area contributed by atoms with Gasteiger partial charge < -0.3 is 25.6 Å². The van der Waals surface area contributed by atoms with Crippen molar-refractivity contribution in [1.29, 1.82) is 0 Å². The quantitative estimate of drug-likeness (QED) is 0.184. The molecule has 200 valence electrons. The van der Waals surface area contributed by atoms with Crippen molar-refractivity contribution in [3.05, 3.63) is 120 Å².